The van der Waals surface area contributed by atoms with Crippen molar-refractivity contribution >= 4 is 23.7 Å². The normalized spacial score (nSPS) is 15.1. The van der Waals surface area contributed by atoms with Crippen LogP contribution in [-0.4, -0.2) is 22.7 Å². The van der Waals surface area contributed by atoms with Crippen molar-refractivity contribution in [1.82, 2.24) is 10.4 Å². The predicted molar refractivity (Wildman–Crippen MR) is 100 cm³/mol. The minimum absolute atomic E-state index is 0.107. The van der Waals surface area contributed by atoms with Crippen LogP contribution >= 0.6 is 0 Å². The first kappa shape index (κ1) is 16.5. The van der Waals surface area contributed by atoms with Gasteiger partial charge in [0.25, 0.3) is 5.91 Å². The Morgan fingerprint density at radius 2 is 1.67 bits per heavy atom. The van der Waals surface area contributed by atoms with Gasteiger partial charge in [-0.3, -0.25) is 15.0 Å². The summed E-state index contributed by atoms with van der Waals surface area (Å²) in [6.07, 6.45) is 3.08. The van der Waals surface area contributed by atoms with Crippen molar-refractivity contribution in [2.45, 2.75) is 0 Å². The topological polar surface area (TPSA) is 74.9 Å². The van der Waals surface area contributed by atoms with Crippen molar-refractivity contribution in [3.05, 3.63) is 102 Å². The third-order valence-corrected chi connectivity index (χ3v) is 3.95. The summed E-state index contributed by atoms with van der Waals surface area (Å²) in [5.41, 5.74) is 4.36. The lowest BCUT2D eigenvalue weighted by Crippen LogP contribution is -2.47. The van der Waals surface area contributed by atoms with E-state index in [-0.39, 0.29) is 11.5 Å². The maximum atomic E-state index is 12.9. The van der Waals surface area contributed by atoms with E-state index in [1.807, 2.05) is 60.7 Å². The molecule has 3 aromatic rings. The van der Waals surface area contributed by atoms with E-state index >= 15 is 0 Å². The number of nitrogens with zero attached hydrogens (tertiary/aromatic N) is 2. The highest BCUT2D eigenvalue weighted by Gasteiger charge is 2.33. The van der Waals surface area contributed by atoms with Gasteiger partial charge in [-0.05, 0) is 23.8 Å². The first-order valence-corrected chi connectivity index (χ1v) is 8.32. The van der Waals surface area contributed by atoms with Crippen LogP contribution in [-0.2, 0) is 4.79 Å². The van der Waals surface area contributed by atoms with Gasteiger partial charge in [0, 0.05) is 5.56 Å². The number of aliphatic imine (C=N–C) groups is 1. The lowest BCUT2D eigenvalue weighted by Gasteiger charge is -2.18. The number of benzene rings is 2. The van der Waals surface area contributed by atoms with Gasteiger partial charge < -0.3 is 4.42 Å². The van der Waals surface area contributed by atoms with Crippen LogP contribution in [0.1, 0.15) is 21.7 Å². The average molecular weight is 357 g/mol. The van der Waals surface area contributed by atoms with Crippen LogP contribution < -0.4 is 5.43 Å². The summed E-state index contributed by atoms with van der Waals surface area (Å²) in [4.78, 5) is 29.7. The average Bonchev–Trinajstić information content (AvgIpc) is 3.34. The summed E-state index contributed by atoms with van der Waals surface area (Å²) in [6.45, 7) is 0. The van der Waals surface area contributed by atoms with Gasteiger partial charge in [-0.25, -0.2) is 4.99 Å². The number of carbonyl (C=O) groups excluding carboxylic acids is 2. The van der Waals surface area contributed by atoms with E-state index in [0.717, 1.165) is 10.6 Å². The van der Waals surface area contributed by atoms with Crippen LogP contribution in [0.15, 0.2) is 94.2 Å². The van der Waals surface area contributed by atoms with Crippen molar-refractivity contribution in [1.29, 1.82) is 0 Å². The van der Waals surface area contributed by atoms with Gasteiger partial charge in [0.15, 0.2) is 11.6 Å². The van der Waals surface area contributed by atoms with Crippen LogP contribution in [0.3, 0.4) is 0 Å². The Labute approximate surface area is 155 Å². The van der Waals surface area contributed by atoms with Crippen molar-refractivity contribution in [3.8, 4) is 0 Å². The zero-order valence-electron chi connectivity index (χ0n) is 14.2. The Balaban J connectivity index is 1.70. The molecule has 0 bridgehead atoms. The minimum Gasteiger partial charge on any atom is -0.459 e. The second kappa shape index (κ2) is 7.13. The van der Waals surface area contributed by atoms with Crippen molar-refractivity contribution in [2.75, 3.05) is 0 Å². The zero-order chi connectivity index (χ0) is 18.6. The fourth-order valence-corrected chi connectivity index (χ4v) is 2.67. The van der Waals surface area contributed by atoms with Crippen molar-refractivity contribution in [2.24, 2.45) is 4.99 Å². The summed E-state index contributed by atoms with van der Waals surface area (Å²) < 4.78 is 5.10. The third-order valence-electron chi connectivity index (χ3n) is 3.95. The molecule has 2 aromatic carbocycles. The molecule has 27 heavy (non-hydrogen) atoms. The Bertz CT molecular complexity index is 1020. The Hall–Kier alpha value is -3.93. The van der Waals surface area contributed by atoms with Gasteiger partial charge in [-0.15, -0.1) is 0 Å². The number of amidine groups is 1. The number of hydrogen-bond acceptors (Lipinski definition) is 4. The molecule has 0 spiro atoms. The summed E-state index contributed by atoms with van der Waals surface area (Å²) in [7, 11) is 0. The maximum Gasteiger partial charge on any atom is 0.305 e. The summed E-state index contributed by atoms with van der Waals surface area (Å²) in [6, 6.07) is 21.7. The molecule has 0 saturated carbocycles. The Morgan fingerprint density at radius 3 is 2.33 bits per heavy atom. The molecule has 6 heteroatoms. The van der Waals surface area contributed by atoms with E-state index in [0.29, 0.717) is 11.4 Å². The van der Waals surface area contributed by atoms with E-state index in [1.165, 1.54) is 12.3 Å². The lowest BCUT2D eigenvalue weighted by molar-refractivity contribution is -0.124. The first-order valence-electron chi connectivity index (χ1n) is 8.32. The van der Waals surface area contributed by atoms with Crippen molar-refractivity contribution < 1.29 is 14.0 Å². The number of furan rings is 1. The summed E-state index contributed by atoms with van der Waals surface area (Å²) in [5.74, 6) is -0.492. The van der Waals surface area contributed by atoms with Gasteiger partial charge in [-0.1, -0.05) is 60.7 Å². The molecule has 1 aliphatic rings. The summed E-state index contributed by atoms with van der Waals surface area (Å²) in [5, 5.41) is 1.15. The van der Waals surface area contributed by atoms with Gasteiger partial charge >= 0.3 is 5.91 Å². The highest BCUT2D eigenvalue weighted by molar-refractivity contribution is 6.20. The number of carbonyl (C=O) groups is 2. The monoisotopic (exact) mass is 357 g/mol. The Kier molecular flexibility index (Phi) is 4.37. The van der Waals surface area contributed by atoms with E-state index in [1.54, 1.807) is 12.1 Å². The van der Waals surface area contributed by atoms with E-state index in [2.05, 4.69) is 10.4 Å². The Morgan fingerprint density at radius 1 is 0.963 bits per heavy atom. The smallest absolute Gasteiger partial charge is 0.305 e. The number of nitrogens with one attached hydrogen (secondary N) is 1. The summed E-state index contributed by atoms with van der Waals surface area (Å²) >= 11 is 0. The van der Waals surface area contributed by atoms with Gasteiger partial charge in [-0.2, -0.15) is 5.01 Å². The molecule has 0 unspecified atom stereocenters. The van der Waals surface area contributed by atoms with E-state index in [9.17, 15) is 9.59 Å². The molecule has 6 nitrogen and oxygen atoms in total. The minimum atomic E-state index is -0.530. The van der Waals surface area contributed by atoms with E-state index < -0.39 is 11.8 Å². The van der Waals surface area contributed by atoms with Crippen LogP contribution in [0.4, 0.5) is 0 Å². The number of amides is 2. The SMILES string of the molecule is O=C(NN1C(=O)/C(=C\c2ccccc2)N=C1c1ccccc1)c1ccco1. The van der Waals surface area contributed by atoms with Gasteiger partial charge in [0.05, 0.1) is 6.26 Å². The molecule has 2 amide bonds. The largest absolute Gasteiger partial charge is 0.459 e. The molecule has 1 aromatic heterocycles. The molecule has 1 N–H and O–H groups in total. The molecular weight excluding hydrogens is 342 g/mol. The number of hydrogen-bond donors (Lipinski definition) is 1. The highest BCUT2D eigenvalue weighted by atomic mass is 16.3. The molecule has 4 rings (SSSR count). The molecule has 0 atom stereocenters. The van der Waals surface area contributed by atoms with Crippen molar-refractivity contribution in [3.63, 3.8) is 0 Å². The molecule has 132 valence electrons. The first-order chi connectivity index (χ1) is 13.2. The highest BCUT2D eigenvalue weighted by Crippen LogP contribution is 2.21. The van der Waals surface area contributed by atoms with Crippen LogP contribution in [0.25, 0.3) is 6.08 Å². The molecule has 0 radical (unpaired) electrons. The molecule has 1 aliphatic heterocycles. The lowest BCUT2D eigenvalue weighted by atomic mass is 10.2. The van der Waals surface area contributed by atoms with E-state index in [4.69, 9.17) is 4.42 Å². The molecule has 0 saturated heterocycles. The van der Waals surface area contributed by atoms with Crippen LogP contribution in [0.5, 0.6) is 0 Å². The second-order valence-corrected chi connectivity index (χ2v) is 5.80. The molecule has 0 fully saturated rings. The maximum absolute atomic E-state index is 12.9. The second-order valence-electron chi connectivity index (χ2n) is 5.80. The van der Waals surface area contributed by atoms with Crippen LogP contribution in [0.2, 0.25) is 0 Å². The molecule has 2 heterocycles. The quantitative estimate of drug-likeness (QED) is 0.728. The molecule has 0 aliphatic carbocycles. The third kappa shape index (κ3) is 3.41. The van der Waals surface area contributed by atoms with Crippen LogP contribution in [0, 0.1) is 0 Å². The van der Waals surface area contributed by atoms with Gasteiger partial charge in [0.1, 0.15) is 5.70 Å². The predicted octanol–water partition coefficient (Wildman–Crippen LogP) is 3.25. The molecular formula is C21H15N3O3. The zero-order valence-corrected chi connectivity index (χ0v) is 14.2. The van der Waals surface area contributed by atoms with Gasteiger partial charge in [0.2, 0.25) is 0 Å². The standard InChI is InChI=1S/C21H15N3O3/c25-20(18-12-7-13-27-18)23-24-19(16-10-5-2-6-11-16)22-17(21(24)26)14-15-8-3-1-4-9-15/h1-14H,(H,23,25)/b17-14+. The number of rotatable bonds is 4. The fourth-order valence-electron chi connectivity index (χ4n) is 2.67. The number of hydrazine groups is 1. The fraction of sp³-hybridized carbons (Fsp3) is 0.